The van der Waals surface area contributed by atoms with Gasteiger partial charge in [0.15, 0.2) is 0 Å². The Labute approximate surface area is 92.7 Å². The number of hydrogen-bond donors (Lipinski definition) is 0. The van der Waals surface area contributed by atoms with E-state index >= 15 is 0 Å². The van der Waals surface area contributed by atoms with Crippen LogP contribution in [0, 0.1) is 24.0 Å². The Hall–Kier alpha value is -2.10. The van der Waals surface area contributed by atoms with Crippen molar-refractivity contribution in [2.45, 2.75) is 13.8 Å². The Balaban J connectivity index is 2.62. The minimum Gasteiger partial charge on any atom is -0.461 e. The van der Waals surface area contributed by atoms with E-state index in [1.807, 2.05) is 13.8 Å². The van der Waals surface area contributed by atoms with Crippen molar-refractivity contribution in [2.24, 2.45) is 0 Å². The Kier molecular flexibility index (Phi) is 2.48. The van der Waals surface area contributed by atoms with Gasteiger partial charge in [-0.05, 0) is 37.6 Å². The van der Waals surface area contributed by atoms with E-state index in [-0.39, 0.29) is 5.69 Å². The summed E-state index contributed by atoms with van der Waals surface area (Å²) < 4.78 is 5.41. The molecule has 0 aliphatic rings. The van der Waals surface area contributed by atoms with Crippen LogP contribution < -0.4 is 0 Å². The quantitative estimate of drug-likeness (QED) is 0.571. The van der Waals surface area contributed by atoms with Crippen LogP contribution in [0.25, 0.3) is 11.3 Å². The van der Waals surface area contributed by atoms with Gasteiger partial charge in [-0.2, -0.15) is 0 Å². The Morgan fingerprint density at radius 3 is 2.50 bits per heavy atom. The van der Waals surface area contributed by atoms with Gasteiger partial charge in [0.25, 0.3) is 5.69 Å². The molecule has 2 rings (SSSR count). The van der Waals surface area contributed by atoms with E-state index in [2.05, 4.69) is 0 Å². The molecule has 4 heteroatoms. The predicted molar refractivity (Wildman–Crippen MR) is 60.3 cm³/mol. The van der Waals surface area contributed by atoms with E-state index in [4.69, 9.17) is 4.42 Å². The zero-order valence-corrected chi connectivity index (χ0v) is 9.06. The second kappa shape index (κ2) is 3.81. The molecule has 2 aromatic rings. The van der Waals surface area contributed by atoms with Crippen LogP contribution in [0.1, 0.15) is 11.3 Å². The van der Waals surface area contributed by atoms with Crippen molar-refractivity contribution in [3.05, 3.63) is 51.8 Å². The van der Waals surface area contributed by atoms with Gasteiger partial charge in [-0.1, -0.05) is 6.07 Å². The highest BCUT2D eigenvalue weighted by Crippen LogP contribution is 2.31. The van der Waals surface area contributed by atoms with Crippen LogP contribution >= 0.6 is 0 Å². The number of nitro benzene ring substituents is 1. The number of furan rings is 1. The highest BCUT2D eigenvalue weighted by molar-refractivity contribution is 5.70. The highest BCUT2D eigenvalue weighted by Gasteiger charge is 2.17. The van der Waals surface area contributed by atoms with Gasteiger partial charge in [0.05, 0.1) is 10.5 Å². The van der Waals surface area contributed by atoms with E-state index in [1.165, 1.54) is 6.07 Å². The number of nitro groups is 1. The molecule has 0 N–H and O–H groups in total. The van der Waals surface area contributed by atoms with Crippen molar-refractivity contribution in [2.75, 3.05) is 0 Å². The molecule has 0 bridgehead atoms. The van der Waals surface area contributed by atoms with E-state index < -0.39 is 4.92 Å². The molecule has 0 spiro atoms. The summed E-state index contributed by atoms with van der Waals surface area (Å²) in [6.45, 7) is 3.70. The maximum atomic E-state index is 10.9. The van der Waals surface area contributed by atoms with E-state index in [9.17, 15) is 10.1 Å². The Morgan fingerprint density at radius 1 is 1.19 bits per heavy atom. The summed E-state index contributed by atoms with van der Waals surface area (Å²) in [6, 6.07) is 8.52. The molecule has 0 aliphatic heterocycles. The first-order valence-electron chi connectivity index (χ1n) is 4.90. The molecule has 0 amide bonds. The summed E-state index contributed by atoms with van der Waals surface area (Å²) in [6.07, 6.45) is 0. The number of aryl methyl sites for hydroxylation is 2. The molecule has 0 fully saturated rings. The standard InChI is InChI=1S/C12H11NO3/c1-8-3-5-11(13(14)15)10(7-8)12-6-4-9(2)16-12/h3-7H,1-2H3. The molecule has 0 saturated heterocycles. The average molecular weight is 217 g/mol. The second-order valence-corrected chi connectivity index (χ2v) is 3.69. The van der Waals surface area contributed by atoms with E-state index in [0.717, 1.165) is 11.3 Å². The largest absolute Gasteiger partial charge is 0.461 e. The molecule has 1 aromatic heterocycles. The maximum Gasteiger partial charge on any atom is 0.280 e. The lowest BCUT2D eigenvalue weighted by molar-refractivity contribution is -0.384. The fourth-order valence-electron chi connectivity index (χ4n) is 1.59. The van der Waals surface area contributed by atoms with Gasteiger partial charge < -0.3 is 4.42 Å². The van der Waals surface area contributed by atoms with Crippen LogP contribution in [0.5, 0.6) is 0 Å². The van der Waals surface area contributed by atoms with Crippen LogP contribution in [-0.2, 0) is 0 Å². The molecule has 1 heterocycles. The minimum absolute atomic E-state index is 0.0694. The third-order valence-corrected chi connectivity index (χ3v) is 2.35. The second-order valence-electron chi connectivity index (χ2n) is 3.69. The lowest BCUT2D eigenvalue weighted by Gasteiger charge is -2.01. The van der Waals surface area contributed by atoms with Crippen LogP contribution in [-0.4, -0.2) is 4.92 Å². The molecule has 16 heavy (non-hydrogen) atoms. The summed E-state index contributed by atoms with van der Waals surface area (Å²) in [5.41, 5.74) is 1.56. The molecule has 0 saturated carbocycles. The number of nitrogens with zero attached hydrogens (tertiary/aromatic N) is 1. The number of hydrogen-bond acceptors (Lipinski definition) is 3. The molecular formula is C12H11NO3. The zero-order valence-electron chi connectivity index (χ0n) is 9.06. The van der Waals surface area contributed by atoms with Crippen molar-refractivity contribution in [3.63, 3.8) is 0 Å². The van der Waals surface area contributed by atoms with E-state index in [1.54, 1.807) is 24.3 Å². The third-order valence-electron chi connectivity index (χ3n) is 2.35. The summed E-state index contributed by atoms with van der Waals surface area (Å²) in [5.74, 6) is 1.28. The Bertz CT molecular complexity index is 543. The van der Waals surface area contributed by atoms with Crippen molar-refractivity contribution in [3.8, 4) is 11.3 Å². The van der Waals surface area contributed by atoms with Crippen LogP contribution in [0.3, 0.4) is 0 Å². The van der Waals surface area contributed by atoms with Crippen LogP contribution in [0.2, 0.25) is 0 Å². The first-order valence-corrected chi connectivity index (χ1v) is 4.90. The summed E-state index contributed by atoms with van der Waals surface area (Å²) in [7, 11) is 0. The molecule has 82 valence electrons. The minimum atomic E-state index is -0.396. The maximum absolute atomic E-state index is 10.9. The van der Waals surface area contributed by atoms with Gasteiger partial charge in [0.1, 0.15) is 11.5 Å². The summed E-state index contributed by atoms with van der Waals surface area (Å²) in [5, 5.41) is 10.9. The summed E-state index contributed by atoms with van der Waals surface area (Å²) >= 11 is 0. The van der Waals surface area contributed by atoms with Crippen LogP contribution in [0.4, 0.5) is 5.69 Å². The first kappa shape index (κ1) is 10.4. The van der Waals surface area contributed by atoms with Gasteiger partial charge in [-0.25, -0.2) is 0 Å². The van der Waals surface area contributed by atoms with Gasteiger partial charge in [-0.15, -0.1) is 0 Å². The summed E-state index contributed by atoms with van der Waals surface area (Å²) in [4.78, 5) is 10.5. The third kappa shape index (κ3) is 1.82. The van der Waals surface area contributed by atoms with Crippen molar-refractivity contribution in [1.82, 2.24) is 0 Å². The molecule has 0 aliphatic carbocycles. The van der Waals surface area contributed by atoms with Crippen molar-refractivity contribution >= 4 is 5.69 Å². The highest BCUT2D eigenvalue weighted by atomic mass is 16.6. The van der Waals surface area contributed by atoms with Crippen molar-refractivity contribution in [1.29, 1.82) is 0 Å². The fourth-order valence-corrected chi connectivity index (χ4v) is 1.59. The molecule has 1 aromatic carbocycles. The lowest BCUT2D eigenvalue weighted by atomic mass is 10.1. The van der Waals surface area contributed by atoms with Gasteiger partial charge in [0.2, 0.25) is 0 Å². The zero-order chi connectivity index (χ0) is 11.7. The SMILES string of the molecule is Cc1ccc([N+](=O)[O-])c(-c2ccc(C)o2)c1. The van der Waals surface area contributed by atoms with Crippen molar-refractivity contribution < 1.29 is 9.34 Å². The van der Waals surface area contributed by atoms with Gasteiger partial charge in [-0.3, -0.25) is 10.1 Å². The fraction of sp³-hybridized carbons (Fsp3) is 0.167. The predicted octanol–water partition coefficient (Wildman–Crippen LogP) is 3.47. The van der Waals surface area contributed by atoms with E-state index in [0.29, 0.717) is 11.3 Å². The Morgan fingerprint density at radius 2 is 1.94 bits per heavy atom. The molecular weight excluding hydrogens is 206 g/mol. The molecule has 0 unspecified atom stereocenters. The van der Waals surface area contributed by atoms with Crippen LogP contribution in [0.15, 0.2) is 34.7 Å². The topological polar surface area (TPSA) is 56.3 Å². The lowest BCUT2D eigenvalue weighted by Crippen LogP contribution is -1.91. The van der Waals surface area contributed by atoms with Gasteiger partial charge >= 0.3 is 0 Å². The first-order chi connectivity index (χ1) is 7.58. The van der Waals surface area contributed by atoms with Gasteiger partial charge in [0, 0.05) is 6.07 Å². The molecule has 0 atom stereocenters. The number of rotatable bonds is 2. The molecule has 4 nitrogen and oxygen atoms in total. The smallest absolute Gasteiger partial charge is 0.280 e. The monoisotopic (exact) mass is 217 g/mol. The average Bonchev–Trinajstić information content (AvgIpc) is 2.64. The molecule has 0 radical (unpaired) electrons. The number of benzene rings is 1. The normalized spacial score (nSPS) is 10.4.